The number of nitrogens with one attached hydrogen (secondary N) is 4. The summed E-state index contributed by atoms with van der Waals surface area (Å²) < 4.78 is 5.44. The second-order valence-corrected chi connectivity index (χ2v) is 9.38. The van der Waals surface area contributed by atoms with E-state index < -0.39 is 23.6 Å². The van der Waals surface area contributed by atoms with Crippen LogP contribution in [0.15, 0.2) is 18.2 Å². The summed E-state index contributed by atoms with van der Waals surface area (Å²) in [4.78, 5) is 41.2. The standard InChI is InChI=1S/C23H40N6O4/c1-23(2,3)33-20(30)17-14-18(26-21(31)24-10-8-12-28(4)5)16-19(15-17)27-22(32)25-11-9-13-29(6)7/h14-16H,8-13H2,1-7H3,(H2,24,26,31)(H2,25,27,32). The van der Waals surface area contributed by atoms with E-state index in [2.05, 4.69) is 21.3 Å². The monoisotopic (exact) mass is 464 g/mol. The van der Waals surface area contributed by atoms with Crippen LogP contribution in [0.4, 0.5) is 21.0 Å². The van der Waals surface area contributed by atoms with Crippen molar-refractivity contribution in [3.63, 3.8) is 0 Å². The lowest BCUT2D eigenvalue weighted by molar-refractivity contribution is 0.00695. The zero-order valence-electron chi connectivity index (χ0n) is 21.0. The molecular weight excluding hydrogens is 424 g/mol. The SMILES string of the molecule is CN(C)CCCNC(=O)Nc1cc(NC(=O)NCCCN(C)C)cc(C(=O)OC(C)(C)C)c1. The highest BCUT2D eigenvalue weighted by Crippen LogP contribution is 2.22. The van der Waals surface area contributed by atoms with Crippen molar-refractivity contribution in [1.82, 2.24) is 20.4 Å². The molecule has 0 saturated heterocycles. The highest BCUT2D eigenvalue weighted by Gasteiger charge is 2.19. The molecule has 10 heteroatoms. The van der Waals surface area contributed by atoms with E-state index in [1.807, 2.05) is 38.0 Å². The van der Waals surface area contributed by atoms with Crippen LogP contribution < -0.4 is 21.3 Å². The van der Waals surface area contributed by atoms with Crippen LogP contribution >= 0.6 is 0 Å². The maximum Gasteiger partial charge on any atom is 0.338 e. The average Bonchev–Trinajstić information content (AvgIpc) is 2.67. The number of carbonyl (C=O) groups excluding carboxylic acids is 3. The second-order valence-electron chi connectivity index (χ2n) is 9.38. The van der Waals surface area contributed by atoms with E-state index in [1.165, 1.54) is 12.1 Å². The highest BCUT2D eigenvalue weighted by molar-refractivity contribution is 5.98. The van der Waals surface area contributed by atoms with E-state index >= 15 is 0 Å². The summed E-state index contributed by atoms with van der Waals surface area (Å²) in [5.41, 5.74) is 0.276. The van der Waals surface area contributed by atoms with Crippen LogP contribution in [-0.4, -0.2) is 87.8 Å². The van der Waals surface area contributed by atoms with Gasteiger partial charge in [-0.1, -0.05) is 0 Å². The number of hydrogen-bond acceptors (Lipinski definition) is 6. The van der Waals surface area contributed by atoms with Crippen LogP contribution in [-0.2, 0) is 4.74 Å². The predicted octanol–water partition coefficient (Wildman–Crippen LogP) is 2.79. The Kier molecular flexibility index (Phi) is 11.7. The molecule has 10 nitrogen and oxygen atoms in total. The molecule has 0 unspecified atom stereocenters. The fourth-order valence-corrected chi connectivity index (χ4v) is 2.77. The Hall–Kier alpha value is -2.85. The van der Waals surface area contributed by atoms with E-state index in [-0.39, 0.29) is 5.56 Å². The van der Waals surface area contributed by atoms with Gasteiger partial charge < -0.3 is 35.8 Å². The molecule has 0 atom stereocenters. The fraction of sp³-hybridized carbons (Fsp3) is 0.609. The van der Waals surface area contributed by atoms with Crippen molar-refractivity contribution in [2.45, 2.75) is 39.2 Å². The van der Waals surface area contributed by atoms with Gasteiger partial charge in [-0.3, -0.25) is 0 Å². The molecule has 33 heavy (non-hydrogen) atoms. The molecule has 0 aliphatic carbocycles. The van der Waals surface area contributed by atoms with Crippen molar-refractivity contribution in [2.75, 3.05) is 65.0 Å². The lowest BCUT2D eigenvalue weighted by Crippen LogP contribution is -2.32. The molecular formula is C23H40N6O4. The van der Waals surface area contributed by atoms with Gasteiger partial charge in [-0.05, 0) is 93.1 Å². The van der Waals surface area contributed by atoms with Gasteiger partial charge in [0.25, 0.3) is 0 Å². The number of ether oxygens (including phenoxy) is 1. The number of hydrogen-bond donors (Lipinski definition) is 4. The maximum atomic E-state index is 12.6. The number of nitrogens with zero attached hydrogens (tertiary/aromatic N) is 2. The Morgan fingerprint density at radius 3 is 1.58 bits per heavy atom. The quantitative estimate of drug-likeness (QED) is 0.296. The van der Waals surface area contributed by atoms with E-state index in [4.69, 9.17) is 4.74 Å². The zero-order chi connectivity index (χ0) is 25.0. The van der Waals surface area contributed by atoms with Gasteiger partial charge in [0.05, 0.1) is 5.56 Å². The van der Waals surface area contributed by atoms with Crippen LogP contribution in [0.5, 0.6) is 0 Å². The van der Waals surface area contributed by atoms with E-state index in [9.17, 15) is 14.4 Å². The normalized spacial score (nSPS) is 11.3. The first-order valence-corrected chi connectivity index (χ1v) is 11.1. The average molecular weight is 465 g/mol. The number of urea groups is 2. The number of amides is 4. The third kappa shape index (κ3) is 13.3. The maximum absolute atomic E-state index is 12.6. The van der Waals surface area contributed by atoms with Crippen LogP contribution in [0.25, 0.3) is 0 Å². The molecule has 186 valence electrons. The first-order chi connectivity index (χ1) is 15.4. The van der Waals surface area contributed by atoms with Crippen molar-refractivity contribution < 1.29 is 19.1 Å². The molecule has 4 amide bonds. The molecule has 1 aromatic carbocycles. The van der Waals surface area contributed by atoms with Crippen LogP contribution in [0.3, 0.4) is 0 Å². The van der Waals surface area contributed by atoms with Gasteiger partial charge in [-0.15, -0.1) is 0 Å². The van der Waals surface area contributed by atoms with E-state index in [0.717, 1.165) is 25.9 Å². The summed E-state index contributed by atoms with van der Waals surface area (Å²) in [7, 11) is 7.87. The lowest BCUT2D eigenvalue weighted by atomic mass is 10.1. The molecule has 0 aromatic heterocycles. The van der Waals surface area contributed by atoms with Crippen molar-refractivity contribution >= 4 is 29.4 Å². The van der Waals surface area contributed by atoms with Crippen LogP contribution in [0.2, 0.25) is 0 Å². The van der Waals surface area contributed by atoms with Gasteiger partial charge in [0.1, 0.15) is 5.60 Å². The highest BCUT2D eigenvalue weighted by atomic mass is 16.6. The molecule has 0 aliphatic heterocycles. The van der Waals surface area contributed by atoms with Crippen molar-refractivity contribution in [2.24, 2.45) is 0 Å². The molecule has 1 rings (SSSR count). The van der Waals surface area contributed by atoms with Gasteiger partial charge in [0.2, 0.25) is 0 Å². The number of esters is 1. The zero-order valence-corrected chi connectivity index (χ0v) is 21.0. The molecule has 0 fully saturated rings. The van der Waals surface area contributed by atoms with Gasteiger partial charge >= 0.3 is 18.0 Å². The van der Waals surface area contributed by atoms with Crippen molar-refractivity contribution in [1.29, 1.82) is 0 Å². The number of benzene rings is 1. The lowest BCUT2D eigenvalue weighted by Gasteiger charge is -2.20. The Morgan fingerprint density at radius 1 is 0.788 bits per heavy atom. The summed E-state index contributed by atoms with van der Waals surface area (Å²) in [5.74, 6) is -0.549. The van der Waals surface area contributed by atoms with Gasteiger partial charge in [0.15, 0.2) is 0 Å². The fourth-order valence-electron chi connectivity index (χ4n) is 2.77. The molecule has 0 bridgehead atoms. The first-order valence-electron chi connectivity index (χ1n) is 11.1. The van der Waals surface area contributed by atoms with Crippen molar-refractivity contribution in [3.8, 4) is 0 Å². The molecule has 0 aliphatic rings. The van der Waals surface area contributed by atoms with Crippen LogP contribution in [0.1, 0.15) is 44.0 Å². The van der Waals surface area contributed by atoms with Gasteiger partial charge in [0, 0.05) is 24.5 Å². The Morgan fingerprint density at radius 2 is 1.21 bits per heavy atom. The minimum Gasteiger partial charge on any atom is -0.456 e. The first kappa shape index (κ1) is 28.2. The molecule has 0 radical (unpaired) electrons. The molecule has 0 spiro atoms. The topological polar surface area (TPSA) is 115 Å². The summed E-state index contributed by atoms with van der Waals surface area (Å²) >= 11 is 0. The second kappa shape index (κ2) is 13.6. The Labute approximate surface area is 197 Å². The Balaban J connectivity index is 2.87. The summed E-state index contributed by atoms with van der Waals surface area (Å²) in [6.45, 7) is 8.04. The molecule has 0 saturated carbocycles. The number of anilines is 2. The summed E-state index contributed by atoms with van der Waals surface area (Å²) in [5, 5.41) is 11.0. The van der Waals surface area contributed by atoms with Crippen LogP contribution in [0, 0.1) is 0 Å². The number of carbonyl (C=O) groups is 3. The molecule has 0 heterocycles. The predicted molar refractivity (Wildman–Crippen MR) is 132 cm³/mol. The molecule has 4 N–H and O–H groups in total. The smallest absolute Gasteiger partial charge is 0.338 e. The summed E-state index contributed by atoms with van der Waals surface area (Å²) in [6, 6.07) is 3.84. The summed E-state index contributed by atoms with van der Waals surface area (Å²) in [6.07, 6.45) is 1.61. The van der Waals surface area contributed by atoms with Crippen molar-refractivity contribution in [3.05, 3.63) is 23.8 Å². The van der Waals surface area contributed by atoms with Gasteiger partial charge in [-0.2, -0.15) is 0 Å². The minimum absolute atomic E-state index is 0.221. The minimum atomic E-state index is -0.679. The third-order valence-electron chi connectivity index (χ3n) is 4.22. The third-order valence-corrected chi connectivity index (χ3v) is 4.22. The Bertz CT molecular complexity index is 741. The number of rotatable bonds is 11. The van der Waals surface area contributed by atoms with E-state index in [1.54, 1.807) is 26.8 Å². The van der Waals surface area contributed by atoms with Gasteiger partial charge in [-0.25, -0.2) is 14.4 Å². The molecule has 1 aromatic rings. The largest absolute Gasteiger partial charge is 0.456 e. The van der Waals surface area contributed by atoms with E-state index in [0.29, 0.717) is 24.5 Å².